The highest BCUT2D eigenvalue weighted by Gasteiger charge is 2.19. The molecule has 0 radical (unpaired) electrons. The smallest absolute Gasteiger partial charge is 0.138 e. The van der Waals surface area contributed by atoms with Crippen molar-refractivity contribution < 1.29 is 15.3 Å². The molecule has 0 saturated carbocycles. The van der Waals surface area contributed by atoms with Gasteiger partial charge < -0.3 is 15.3 Å². The lowest BCUT2D eigenvalue weighted by molar-refractivity contribution is 0.275. The van der Waals surface area contributed by atoms with Gasteiger partial charge in [-0.2, -0.15) is 0 Å². The van der Waals surface area contributed by atoms with Gasteiger partial charge in [0.2, 0.25) is 0 Å². The molecule has 0 atom stereocenters. The molecule has 0 aliphatic heterocycles. The number of halogens is 3. The summed E-state index contributed by atoms with van der Waals surface area (Å²) in [6, 6.07) is 3.07. The van der Waals surface area contributed by atoms with Gasteiger partial charge in [-0.25, -0.2) is 0 Å². The molecule has 0 aliphatic rings. The molecule has 0 saturated heterocycles. The summed E-state index contributed by atoms with van der Waals surface area (Å²) in [4.78, 5) is 0. The average molecular weight is 362 g/mol. The molecule has 0 bridgehead atoms. The number of aliphatic hydroxyl groups is 1. The number of rotatable bonds is 3. The maximum absolute atomic E-state index is 10.3. The molecular weight excluding hydrogens is 347 g/mol. The molecular formula is C16H15Cl3O3. The van der Waals surface area contributed by atoms with E-state index >= 15 is 0 Å². The van der Waals surface area contributed by atoms with Crippen LogP contribution in [0.5, 0.6) is 11.5 Å². The summed E-state index contributed by atoms with van der Waals surface area (Å²) in [6.45, 7) is 3.16. The predicted octanol–water partition coefficient (Wildman–Crippen LogP) is 4.76. The zero-order valence-corrected chi connectivity index (χ0v) is 14.3. The van der Waals surface area contributed by atoms with Crippen LogP contribution in [0.2, 0.25) is 15.1 Å². The summed E-state index contributed by atoms with van der Waals surface area (Å²) >= 11 is 18.3. The Morgan fingerprint density at radius 3 is 2.05 bits per heavy atom. The molecule has 0 spiro atoms. The van der Waals surface area contributed by atoms with E-state index in [1.165, 1.54) is 6.07 Å². The monoisotopic (exact) mass is 360 g/mol. The first-order valence-electron chi connectivity index (χ1n) is 6.55. The fraction of sp³-hybridized carbons (Fsp3) is 0.250. The molecule has 2 aromatic carbocycles. The van der Waals surface area contributed by atoms with Crippen LogP contribution in [0.25, 0.3) is 0 Å². The van der Waals surface area contributed by atoms with Crippen LogP contribution >= 0.6 is 34.8 Å². The Bertz CT molecular complexity index is 713. The van der Waals surface area contributed by atoms with E-state index in [0.717, 1.165) is 0 Å². The quantitative estimate of drug-likeness (QED) is 0.739. The third kappa shape index (κ3) is 2.99. The molecule has 22 heavy (non-hydrogen) atoms. The van der Waals surface area contributed by atoms with Crippen molar-refractivity contribution in [3.63, 3.8) is 0 Å². The number of benzene rings is 2. The molecule has 0 unspecified atom stereocenters. The topological polar surface area (TPSA) is 60.7 Å². The van der Waals surface area contributed by atoms with Crippen LogP contribution in [0.3, 0.4) is 0 Å². The number of phenols is 2. The second-order valence-corrected chi connectivity index (χ2v) is 6.31. The van der Waals surface area contributed by atoms with Crippen molar-refractivity contribution >= 4 is 34.8 Å². The molecule has 0 aliphatic carbocycles. The lowest BCUT2D eigenvalue weighted by atomic mass is 9.95. The Morgan fingerprint density at radius 2 is 1.45 bits per heavy atom. The second-order valence-electron chi connectivity index (χ2n) is 5.11. The SMILES string of the molecule is Cc1c(Cl)c(C)c(Cc2cc(Cl)cc(CO)c2O)c(O)c1Cl. The van der Waals surface area contributed by atoms with Crippen LogP contribution in [0.15, 0.2) is 12.1 Å². The minimum atomic E-state index is -0.334. The zero-order chi connectivity index (χ0) is 16.6. The molecule has 3 nitrogen and oxygen atoms in total. The molecule has 0 heterocycles. The maximum Gasteiger partial charge on any atom is 0.138 e. The third-order valence-corrected chi connectivity index (χ3v) is 4.95. The summed E-state index contributed by atoms with van der Waals surface area (Å²) in [5.74, 6) is -0.121. The third-order valence-electron chi connectivity index (χ3n) is 3.70. The normalized spacial score (nSPS) is 11.0. The molecule has 118 valence electrons. The Hall–Kier alpha value is -1.13. The van der Waals surface area contributed by atoms with Crippen LogP contribution in [-0.4, -0.2) is 15.3 Å². The minimum Gasteiger partial charge on any atom is -0.507 e. The van der Waals surface area contributed by atoms with Gasteiger partial charge in [0.05, 0.1) is 11.6 Å². The lowest BCUT2D eigenvalue weighted by Crippen LogP contribution is -1.99. The summed E-state index contributed by atoms with van der Waals surface area (Å²) in [6.07, 6.45) is 0.191. The number of hydrogen-bond acceptors (Lipinski definition) is 3. The van der Waals surface area contributed by atoms with E-state index in [1.807, 2.05) is 0 Å². The van der Waals surface area contributed by atoms with Gasteiger partial charge in [-0.15, -0.1) is 0 Å². The minimum absolute atomic E-state index is 0.0569. The largest absolute Gasteiger partial charge is 0.507 e. The molecule has 0 aromatic heterocycles. The standard InChI is InChI=1S/C16H15Cl3O3/c1-7-12(16(22)14(19)8(2)13(7)18)5-9-3-11(17)4-10(6-20)15(9)21/h3-4,20-22H,5-6H2,1-2H3. The molecule has 2 aromatic rings. The number of aromatic hydroxyl groups is 2. The number of hydrogen-bond donors (Lipinski definition) is 3. The summed E-state index contributed by atoms with van der Waals surface area (Å²) < 4.78 is 0. The van der Waals surface area contributed by atoms with Crippen molar-refractivity contribution in [2.45, 2.75) is 26.9 Å². The van der Waals surface area contributed by atoms with E-state index < -0.39 is 0 Å². The number of phenolic OH excluding ortho intramolecular Hbond substituents is 1. The van der Waals surface area contributed by atoms with Crippen molar-refractivity contribution in [3.05, 3.63) is 55.0 Å². The Balaban J connectivity index is 2.60. The highest BCUT2D eigenvalue weighted by molar-refractivity contribution is 6.37. The van der Waals surface area contributed by atoms with E-state index in [1.54, 1.807) is 19.9 Å². The van der Waals surface area contributed by atoms with Crippen LogP contribution in [0.4, 0.5) is 0 Å². The second kappa shape index (κ2) is 6.55. The highest BCUT2D eigenvalue weighted by atomic mass is 35.5. The van der Waals surface area contributed by atoms with Crippen LogP contribution < -0.4 is 0 Å². The van der Waals surface area contributed by atoms with Crippen molar-refractivity contribution in [2.24, 2.45) is 0 Å². The van der Waals surface area contributed by atoms with Crippen LogP contribution in [-0.2, 0) is 13.0 Å². The molecule has 0 fully saturated rings. The van der Waals surface area contributed by atoms with E-state index in [9.17, 15) is 15.3 Å². The van der Waals surface area contributed by atoms with Gasteiger partial charge in [0.15, 0.2) is 0 Å². The van der Waals surface area contributed by atoms with Gasteiger partial charge >= 0.3 is 0 Å². The van der Waals surface area contributed by atoms with Gasteiger partial charge in [0.1, 0.15) is 11.5 Å². The molecule has 2 rings (SSSR count). The van der Waals surface area contributed by atoms with Gasteiger partial charge in [-0.05, 0) is 37.1 Å². The fourth-order valence-corrected chi connectivity index (χ4v) is 3.11. The Morgan fingerprint density at radius 1 is 0.864 bits per heavy atom. The average Bonchev–Trinajstić information content (AvgIpc) is 2.50. The van der Waals surface area contributed by atoms with Crippen molar-refractivity contribution in [2.75, 3.05) is 0 Å². The van der Waals surface area contributed by atoms with E-state index in [0.29, 0.717) is 37.9 Å². The van der Waals surface area contributed by atoms with Crippen molar-refractivity contribution in [1.82, 2.24) is 0 Å². The first-order valence-corrected chi connectivity index (χ1v) is 7.68. The van der Waals surface area contributed by atoms with E-state index in [-0.39, 0.29) is 29.5 Å². The van der Waals surface area contributed by atoms with Gasteiger partial charge in [0, 0.05) is 33.2 Å². The molecule has 3 N–H and O–H groups in total. The highest BCUT2D eigenvalue weighted by Crippen LogP contribution is 2.41. The summed E-state index contributed by atoms with van der Waals surface area (Å²) in [5, 5.41) is 30.8. The van der Waals surface area contributed by atoms with Crippen molar-refractivity contribution in [3.8, 4) is 11.5 Å². The maximum atomic E-state index is 10.3. The zero-order valence-electron chi connectivity index (χ0n) is 12.0. The lowest BCUT2D eigenvalue weighted by Gasteiger charge is -2.16. The molecule has 0 amide bonds. The molecule has 6 heteroatoms. The van der Waals surface area contributed by atoms with E-state index in [2.05, 4.69) is 0 Å². The van der Waals surface area contributed by atoms with E-state index in [4.69, 9.17) is 34.8 Å². The van der Waals surface area contributed by atoms with Crippen LogP contribution in [0.1, 0.15) is 27.8 Å². The Kier molecular flexibility index (Phi) is 5.13. The fourth-order valence-electron chi connectivity index (χ4n) is 2.38. The summed E-state index contributed by atoms with van der Waals surface area (Å²) in [5.41, 5.74) is 2.61. The Labute approximate surface area is 143 Å². The van der Waals surface area contributed by atoms with Gasteiger partial charge in [-0.3, -0.25) is 0 Å². The van der Waals surface area contributed by atoms with Gasteiger partial charge in [0.25, 0.3) is 0 Å². The van der Waals surface area contributed by atoms with Crippen molar-refractivity contribution in [1.29, 1.82) is 0 Å². The summed E-state index contributed by atoms with van der Waals surface area (Å²) in [7, 11) is 0. The first kappa shape index (κ1) is 17.2. The van der Waals surface area contributed by atoms with Crippen LogP contribution in [0, 0.1) is 13.8 Å². The first-order chi connectivity index (χ1) is 10.3. The predicted molar refractivity (Wildman–Crippen MR) is 89.4 cm³/mol. The van der Waals surface area contributed by atoms with Gasteiger partial charge in [-0.1, -0.05) is 34.8 Å². The number of aliphatic hydroxyl groups excluding tert-OH is 1.